The molecule has 0 aromatic rings. The molecule has 0 aromatic heterocycles. The van der Waals surface area contributed by atoms with Crippen LogP contribution in [0, 0.1) is 11.3 Å². The lowest BCUT2D eigenvalue weighted by atomic mass is 10.0. The van der Waals surface area contributed by atoms with E-state index in [9.17, 15) is 4.79 Å². The van der Waals surface area contributed by atoms with Gasteiger partial charge in [-0.15, -0.1) is 0 Å². The van der Waals surface area contributed by atoms with Gasteiger partial charge in [0.15, 0.2) is 0 Å². The van der Waals surface area contributed by atoms with Crippen LogP contribution in [0.4, 0.5) is 0 Å². The number of carbonyl (C=O) groups excluding carboxylic acids is 1. The molecule has 1 rings (SSSR count). The Morgan fingerprint density at radius 2 is 2.40 bits per heavy atom. The third kappa shape index (κ3) is 1.02. The van der Waals surface area contributed by atoms with E-state index in [0.29, 0.717) is 0 Å². The Balaban J connectivity index is 2.44. The van der Waals surface area contributed by atoms with Gasteiger partial charge in [0, 0.05) is 0 Å². The number of carbonyl (C=O) groups is 1. The van der Waals surface area contributed by atoms with Crippen LogP contribution < -0.4 is 0 Å². The lowest BCUT2D eigenvalue weighted by molar-refractivity contribution is -0.143. The van der Waals surface area contributed by atoms with Crippen molar-refractivity contribution in [2.75, 3.05) is 7.11 Å². The quantitative estimate of drug-likeness (QED) is 0.547. The van der Waals surface area contributed by atoms with Crippen LogP contribution in [0.5, 0.6) is 0 Å². The zero-order valence-electron chi connectivity index (χ0n) is 6.81. The van der Waals surface area contributed by atoms with Crippen molar-refractivity contribution in [3.63, 3.8) is 0 Å². The molecular weight excluding hydrogens is 128 g/mol. The highest BCUT2D eigenvalue weighted by Crippen LogP contribution is 2.55. The van der Waals surface area contributed by atoms with Gasteiger partial charge in [-0.2, -0.15) is 0 Å². The van der Waals surface area contributed by atoms with E-state index >= 15 is 0 Å². The highest BCUT2D eigenvalue weighted by molar-refractivity contribution is 5.76. The van der Waals surface area contributed by atoms with Crippen LogP contribution >= 0.6 is 0 Å². The maximum atomic E-state index is 10.9. The van der Waals surface area contributed by atoms with Crippen molar-refractivity contribution in [2.24, 2.45) is 11.3 Å². The number of hydrogen-bond acceptors (Lipinski definition) is 2. The minimum Gasteiger partial charge on any atom is -0.469 e. The van der Waals surface area contributed by atoms with Crippen LogP contribution in [-0.2, 0) is 9.53 Å². The second kappa shape index (κ2) is 2.26. The van der Waals surface area contributed by atoms with Crippen LogP contribution in [0.1, 0.15) is 26.7 Å². The van der Waals surface area contributed by atoms with E-state index in [1.165, 1.54) is 7.11 Å². The van der Waals surface area contributed by atoms with Crippen molar-refractivity contribution in [2.45, 2.75) is 26.7 Å². The number of ether oxygens (including phenoxy) is 1. The predicted octanol–water partition coefficient (Wildman–Crippen LogP) is 1.60. The molecular formula is C8H14O2. The number of rotatable bonds is 2. The summed E-state index contributed by atoms with van der Waals surface area (Å²) in [6.07, 6.45) is 2.09. The molecule has 10 heavy (non-hydrogen) atoms. The van der Waals surface area contributed by atoms with Gasteiger partial charge in [-0.25, -0.2) is 0 Å². The maximum absolute atomic E-state index is 10.9. The molecule has 58 valence electrons. The summed E-state index contributed by atoms with van der Waals surface area (Å²) in [5.74, 6) is 0.145. The molecule has 0 saturated heterocycles. The van der Waals surface area contributed by atoms with Gasteiger partial charge in [0.1, 0.15) is 0 Å². The summed E-state index contributed by atoms with van der Waals surface area (Å²) >= 11 is 0. The second-order valence-electron chi connectivity index (χ2n) is 3.29. The van der Waals surface area contributed by atoms with Crippen LogP contribution in [0.2, 0.25) is 0 Å². The van der Waals surface area contributed by atoms with Gasteiger partial charge in [-0.3, -0.25) is 4.79 Å². The van der Waals surface area contributed by atoms with Crippen LogP contribution in [0.3, 0.4) is 0 Å². The van der Waals surface area contributed by atoms with Gasteiger partial charge in [-0.1, -0.05) is 13.8 Å². The maximum Gasteiger partial charge on any atom is 0.309 e. The van der Waals surface area contributed by atoms with Crippen LogP contribution in [0.25, 0.3) is 0 Å². The highest BCUT2D eigenvalue weighted by atomic mass is 16.5. The zero-order valence-corrected chi connectivity index (χ0v) is 6.81. The molecule has 0 unspecified atom stereocenters. The van der Waals surface area contributed by atoms with Crippen LogP contribution in [0.15, 0.2) is 0 Å². The number of hydrogen-bond donors (Lipinski definition) is 0. The fourth-order valence-electron chi connectivity index (χ4n) is 1.31. The molecule has 2 heteroatoms. The first-order valence-corrected chi connectivity index (χ1v) is 3.72. The molecule has 1 aliphatic rings. The van der Waals surface area contributed by atoms with E-state index in [1.54, 1.807) is 0 Å². The molecule has 1 aliphatic carbocycles. The Hall–Kier alpha value is -0.530. The molecule has 0 aromatic carbocycles. The SMILES string of the molecule is CC[C@@]1(C)C[C@H]1C(=O)OC. The standard InChI is InChI=1S/C8H14O2/c1-4-8(2)5-6(8)7(9)10-3/h6H,4-5H2,1-3H3/t6-,8-/m0/s1. The highest BCUT2D eigenvalue weighted by Gasteiger charge is 2.53. The van der Waals surface area contributed by atoms with E-state index in [1.807, 2.05) is 0 Å². The zero-order chi connectivity index (χ0) is 7.78. The van der Waals surface area contributed by atoms with Crippen molar-refractivity contribution in [1.82, 2.24) is 0 Å². The fourth-order valence-corrected chi connectivity index (χ4v) is 1.31. The number of methoxy groups -OCH3 is 1. The predicted molar refractivity (Wildman–Crippen MR) is 38.5 cm³/mol. The van der Waals surface area contributed by atoms with Gasteiger partial charge in [0.05, 0.1) is 13.0 Å². The summed E-state index contributed by atoms with van der Waals surface area (Å²) < 4.78 is 4.63. The third-order valence-corrected chi connectivity index (χ3v) is 2.64. The van der Waals surface area contributed by atoms with Crippen molar-refractivity contribution in [3.05, 3.63) is 0 Å². The minimum atomic E-state index is -0.0376. The molecule has 2 nitrogen and oxygen atoms in total. The average molecular weight is 142 g/mol. The average Bonchev–Trinajstić information content (AvgIpc) is 2.62. The Kier molecular flexibility index (Phi) is 1.71. The number of esters is 1. The Labute approximate surface area is 61.6 Å². The minimum absolute atomic E-state index is 0.0376. The smallest absolute Gasteiger partial charge is 0.309 e. The summed E-state index contributed by atoms with van der Waals surface area (Å²) in [5, 5.41) is 0. The first-order chi connectivity index (χ1) is 4.64. The largest absolute Gasteiger partial charge is 0.469 e. The fraction of sp³-hybridized carbons (Fsp3) is 0.875. The molecule has 0 heterocycles. The monoisotopic (exact) mass is 142 g/mol. The van der Waals surface area contributed by atoms with Gasteiger partial charge >= 0.3 is 5.97 Å². The third-order valence-electron chi connectivity index (χ3n) is 2.64. The topological polar surface area (TPSA) is 26.3 Å². The van der Waals surface area contributed by atoms with E-state index in [4.69, 9.17) is 0 Å². The lowest BCUT2D eigenvalue weighted by Crippen LogP contribution is -2.08. The molecule has 0 N–H and O–H groups in total. The van der Waals surface area contributed by atoms with Gasteiger partial charge in [-0.05, 0) is 18.3 Å². The van der Waals surface area contributed by atoms with Crippen molar-refractivity contribution in [1.29, 1.82) is 0 Å². The second-order valence-corrected chi connectivity index (χ2v) is 3.29. The van der Waals surface area contributed by atoms with Gasteiger partial charge in [0.25, 0.3) is 0 Å². The summed E-state index contributed by atoms with van der Waals surface area (Å²) in [6.45, 7) is 4.25. The Morgan fingerprint density at radius 3 is 2.70 bits per heavy atom. The van der Waals surface area contributed by atoms with E-state index in [-0.39, 0.29) is 17.3 Å². The van der Waals surface area contributed by atoms with E-state index in [0.717, 1.165) is 12.8 Å². The van der Waals surface area contributed by atoms with Gasteiger partial charge in [0.2, 0.25) is 0 Å². The van der Waals surface area contributed by atoms with E-state index < -0.39 is 0 Å². The molecule has 0 aliphatic heterocycles. The first kappa shape index (κ1) is 7.58. The molecule has 0 radical (unpaired) electrons. The lowest BCUT2D eigenvalue weighted by Gasteiger charge is -2.04. The summed E-state index contributed by atoms with van der Waals surface area (Å²) in [6, 6.07) is 0. The summed E-state index contributed by atoms with van der Waals surface area (Å²) in [4.78, 5) is 10.9. The molecule has 1 saturated carbocycles. The summed E-state index contributed by atoms with van der Waals surface area (Å²) in [5.41, 5.74) is 0.257. The van der Waals surface area contributed by atoms with E-state index in [2.05, 4.69) is 18.6 Å². The molecule has 0 spiro atoms. The molecule has 1 fully saturated rings. The van der Waals surface area contributed by atoms with Crippen molar-refractivity contribution < 1.29 is 9.53 Å². The molecule has 0 amide bonds. The van der Waals surface area contributed by atoms with Crippen molar-refractivity contribution in [3.8, 4) is 0 Å². The Bertz CT molecular complexity index is 153. The van der Waals surface area contributed by atoms with Crippen molar-refractivity contribution >= 4 is 5.97 Å². The van der Waals surface area contributed by atoms with Gasteiger partial charge < -0.3 is 4.74 Å². The first-order valence-electron chi connectivity index (χ1n) is 3.72. The molecule has 2 atom stereocenters. The molecule has 0 bridgehead atoms. The van der Waals surface area contributed by atoms with Crippen LogP contribution in [-0.4, -0.2) is 13.1 Å². The summed E-state index contributed by atoms with van der Waals surface area (Å²) in [7, 11) is 1.46. The normalized spacial score (nSPS) is 37.3. The Morgan fingerprint density at radius 1 is 1.80 bits per heavy atom.